The van der Waals surface area contributed by atoms with Gasteiger partial charge in [-0.2, -0.15) is 13.2 Å². The summed E-state index contributed by atoms with van der Waals surface area (Å²) in [6.45, 7) is -0.813. The first-order valence-electron chi connectivity index (χ1n) is 11.2. The largest absolute Gasteiger partial charge is 0.493 e. The minimum Gasteiger partial charge on any atom is -0.493 e. The maximum absolute atomic E-state index is 13.4. The molecule has 2 aliphatic rings. The van der Waals surface area contributed by atoms with Crippen molar-refractivity contribution >= 4 is 11.8 Å². The second kappa shape index (κ2) is 10.8. The smallest absolute Gasteiger partial charge is 0.406 e. The summed E-state index contributed by atoms with van der Waals surface area (Å²) >= 11 is 0. The zero-order chi connectivity index (χ0) is 25.9. The van der Waals surface area contributed by atoms with Crippen LogP contribution in [0.1, 0.15) is 36.8 Å². The molecule has 35 heavy (non-hydrogen) atoms. The number of aliphatic hydroxyl groups excluding tert-OH is 3. The number of nitrogens with zero attached hydrogens (tertiary/aromatic N) is 1. The molecule has 0 bridgehead atoms. The van der Waals surface area contributed by atoms with Gasteiger partial charge in [0.05, 0.1) is 32.3 Å². The lowest BCUT2D eigenvalue weighted by Crippen LogP contribution is -2.57. The van der Waals surface area contributed by atoms with Crippen molar-refractivity contribution in [2.24, 2.45) is 0 Å². The van der Waals surface area contributed by atoms with Gasteiger partial charge in [0.2, 0.25) is 11.8 Å². The van der Waals surface area contributed by atoms with Crippen molar-refractivity contribution in [3.8, 4) is 11.5 Å². The van der Waals surface area contributed by atoms with Gasteiger partial charge in [0.25, 0.3) is 0 Å². The highest BCUT2D eigenvalue weighted by Gasteiger charge is 2.52. The van der Waals surface area contributed by atoms with E-state index in [9.17, 15) is 33.0 Å². The number of alkyl halides is 3. The molecule has 0 fully saturated rings. The van der Waals surface area contributed by atoms with Crippen LogP contribution in [0.2, 0.25) is 0 Å². The fourth-order valence-electron chi connectivity index (χ4n) is 4.53. The van der Waals surface area contributed by atoms with E-state index in [2.05, 4.69) is 5.32 Å². The Hall–Kier alpha value is -2.83. The lowest BCUT2D eigenvalue weighted by atomic mass is 9.77. The Kier molecular flexibility index (Phi) is 8.29. The second-order valence-electron chi connectivity index (χ2n) is 8.40. The molecule has 0 aromatic heterocycles. The highest BCUT2D eigenvalue weighted by atomic mass is 19.4. The number of halogens is 3. The van der Waals surface area contributed by atoms with Crippen LogP contribution in [0, 0.1) is 0 Å². The van der Waals surface area contributed by atoms with Crippen molar-refractivity contribution < 1.29 is 47.6 Å². The molecule has 1 aliphatic heterocycles. The predicted octanol–water partition coefficient (Wildman–Crippen LogP) is 1.00. The number of nitrogens with one attached hydrogen (secondary N) is 1. The third-order valence-electron chi connectivity index (χ3n) is 5.99. The summed E-state index contributed by atoms with van der Waals surface area (Å²) in [5.74, 6) is -2.03. The van der Waals surface area contributed by atoms with E-state index in [-0.39, 0.29) is 43.3 Å². The maximum Gasteiger partial charge on any atom is 0.406 e. The molecule has 12 heteroatoms. The van der Waals surface area contributed by atoms with E-state index >= 15 is 0 Å². The summed E-state index contributed by atoms with van der Waals surface area (Å²) in [7, 11) is 1.36. The minimum absolute atomic E-state index is 0.0221. The van der Waals surface area contributed by atoms with Crippen LogP contribution in [-0.4, -0.2) is 83.3 Å². The first-order valence-corrected chi connectivity index (χ1v) is 11.2. The lowest BCUT2D eigenvalue weighted by molar-refractivity contribution is -0.170. The van der Waals surface area contributed by atoms with Gasteiger partial charge >= 0.3 is 6.18 Å². The number of benzene rings is 1. The molecule has 2 amide bonds. The van der Waals surface area contributed by atoms with E-state index in [0.717, 1.165) is 6.08 Å². The van der Waals surface area contributed by atoms with Crippen LogP contribution in [0.5, 0.6) is 11.5 Å². The third kappa shape index (κ3) is 5.54. The van der Waals surface area contributed by atoms with Gasteiger partial charge in [-0.25, -0.2) is 0 Å². The molecule has 0 spiro atoms. The van der Waals surface area contributed by atoms with E-state index in [1.54, 1.807) is 13.0 Å². The number of carbonyl (C=O) groups is 2. The van der Waals surface area contributed by atoms with Crippen LogP contribution >= 0.6 is 0 Å². The Balaban J connectivity index is 2.14. The number of aliphatic hydroxyl groups is 3. The Morgan fingerprint density at radius 1 is 1.26 bits per heavy atom. The van der Waals surface area contributed by atoms with Crippen molar-refractivity contribution in [3.63, 3.8) is 0 Å². The predicted molar refractivity (Wildman–Crippen MR) is 117 cm³/mol. The first-order chi connectivity index (χ1) is 16.6. The Morgan fingerprint density at radius 3 is 2.54 bits per heavy atom. The molecule has 9 nitrogen and oxygen atoms in total. The SMILES string of the molecule is CCCC(=O)N(CC(F)(F)F)[C@@H]1C=C(C(=O)NCCO)[C@@H]2c3cc(CO)cc(OC)c3O[C@@H]2[C@H]1O. The van der Waals surface area contributed by atoms with Crippen LogP contribution in [0.3, 0.4) is 0 Å². The number of rotatable bonds is 9. The molecular formula is C23H29F3N2O7. The molecule has 4 N–H and O–H groups in total. The van der Waals surface area contributed by atoms with Crippen LogP contribution < -0.4 is 14.8 Å². The van der Waals surface area contributed by atoms with Gasteiger partial charge in [-0.05, 0) is 30.2 Å². The van der Waals surface area contributed by atoms with Gasteiger partial charge < -0.3 is 35.0 Å². The molecule has 4 atom stereocenters. The molecule has 0 saturated heterocycles. The molecule has 1 aromatic carbocycles. The topological polar surface area (TPSA) is 129 Å². The minimum atomic E-state index is -4.74. The highest BCUT2D eigenvalue weighted by molar-refractivity contribution is 5.96. The Bertz CT molecular complexity index is 983. The molecular weight excluding hydrogens is 473 g/mol. The van der Waals surface area contributed by atoms with Gasteiger partial charge in [-0.1, -0.05) is 6.92 Å². The summed E-state index contributed by atoms with van der Waals surface area (Å²) in [6.07, 6.45) is -6.28. The van der Waals surface area contributed by atoms with Gasteiger partial charge in [-0.15, -0.1) is 0 Å². The van der Waals surface area contributed by atoms with E-state index in [1.807, 2.05) is 0 Å². The lowest BCUT2D eigenvalue weighted by Gasteiger charge is -2.41. The summed E-state index contributed by atoms with van der Waals surface area (Å²) in [4.78, 5) is 26.2. The fourth-order valence-corrected chi connectivity index (χ4v) is 4.53. The zero-order valence-corrected chi connectivity index (χ0v) is 19.3. The molecule has 0 saturated carbocycles. The number of amides is 2. The molecule has 1 aromatic rings. The number of methoxy groups -OCH3 is 1. The van der Waals surface area contributed by atoms with Crippen LogP contribution in [0.25, 0.3) is 0 Å². The van der Waals surface area contributed by atoms with Gasteiger partial charge in [-0.3, -0.25) is 9.59 Å². The average Bonchev–Trinajstić information content (AvgIpc) is 3.20. The first kappa shape index (κ1) is 26.8. The van der Waals surface area contributed by atoms with Crippen LogP contribution in [0.15, 0.2) is 23.8 Å². The maximum atomic E-state index is 13.4. The number of carbonyl (C=O) groups excluding carboxylic acids is 2. The molecule has 1 heterocycles. The van der Waals surface area contributed by atoms with Crippen molar-refractivity contribution in [2.75, 3.05) is 26.8 Å². The summed E-state index contributed by atoms with van der Waals surface area (Å²) < 4.78 is 51.5. The Morgan fingerprint density at radius 2 is 1.97 bits per heavy atom. The quantitative estimate of drug-likeness (QED) is 0.397. The average molecular weight is 502 g/mol. The fraction of sp³-hybridized carbons (Fsp3) is 0.565. The van der Waals surface area contributed by atoms with Crippen LogP contribution in [0.4, 0.5) is 13.2 Å². The molecule has 3 rings (SSSR count). The number of hydrogen-bond donors (Lipinski definition) is 4. The summed E-state index contributed by atoms with van der Waals surface area (Å²) in [5.41, 5.74) is 0.822. The normalized spacial score (nSPS) is 23.0. The Labute approximate surface area is 200 Å². The summed E-state index contributed by atoms with van der Waals surface area (Å²) in [5, 5.41) is 32.4. The van der Waals surface area contributed by atoms with E-state index in [0.29, 0.717) is 22.4 Å². The van der Waals surface area contributed by atoms with Gasteiger partial charge in [0, 0.05) is 24.1 Å². The van der Waals surface area contributed by atoms with E-state index in [1.165, 1.54) is 13.2 Å². The van der Waals surface area contributed by atoms with Crippen molar-refractivity contribution in [1.82, 2.24) is 10.2 Å². The van der Waals surface area contributed by atoms with Crippen molar-refractivity contribution in [1.29, 1.82) is 0 Å². The van der Waals surface area contributed by atoms with E-state index in [4.69, 9.17) is 14.6 Å². The molecule has 1 aliphatic carbocycles. The van der Waals surface area contributed by atoms with Crippen LogP contribution in [-0.2, 0) is 16.2 Å². The van der Waals surface area contributed by atoms with E-state index < -0.39 is 48.7 Å². The summed E-state index contributed by atoms with van der Waals surface area (Å²) in [6, 6.07) is 1.58. The molecule has 0 unspecified atom stereocenters. The number of fused-ring (bicyclic) bond motifs is 3. The second-order valence-corrected chi connectivity index (χ2v) is 8.40. The number of hydrogen-bond acceptors (Lipinski definition) is 7. The van der Waals surface area contributed by atoms with Gasteiger partial charge in [0.15, 0.2) is 11.5 Å². The molecule has 194 valence electrons. The third-order valence-corrected chi connectivity index (χ3v) is 5.99. The van der Waals surface area contributed by atoms with Crippen molar-refractivity contribution in [2.45, 2.75) is 56.7 Å². The van der Waals surface area contributed by atoms with Gasteiger partial charge in [0.1, 0.15) is 18.8 Å². The monoisotopic (exact) mass is 502 g/mol. The zero-order valence-electron chi connectivity index (χ0n) is 19.3. The number of ether oxygens (including phenoxy) is 2. The van der Waals surface area contributed by atoms with Crippen molar-refractivity contribution in [3.05, 3.63) is 34.9 Å². The molecule has 0 radical (unpaired) electrons. The standard InChI is InChI=1S/C23H29F3N2O7/c1-3-4-17(31)28(11-23(24,25)26)15-9-14(22(33)27-5-6-29)18-13-7-12(10-30)8-16(34-2)20(13)35-21(18)19(15)32/h7-9,15,18-19,21,29-30,32H,3-6,10-11H2,1-2H3,(H,27,33)/t15-,18+,19+,21+/m1/s1. The highest BCUT2D eigenvalue weighted by Crippen LogP contribution is 2.51.